The molecule has 0 heterocycles. The lowest BCUT2D eigenvalue weighted by Gasteiger charge is -2.15. The minimum absolute atomic E-state index is 0.100. The summed E-state index contributed by atoms with van der Waals surface area (Å²) in [7, 11) is 1.39. The zero-order valence-corrected chi connectivity index (χ0v) is 11.6. The second-order valence-corrected chi connectivity index (χ2v) is 4.95. The molecule has 0 unspecified atom stereocenters. The molecule has 0 fully saturated rings. The summed E-state index contributed by atoms with van der Waals surface area (Å²) in [5.74, 6) is -0.321. The Bertz CT molecular complexity index is 742. The molecule has 2 aromatic carbocycles. The molecule has 0 bridgehead atoms. The van der Waals surface area contributed by atoms with Gasteiger partial charge in [-0.25, -0.2) is 0 Å². The lowest BCUT2D eigenvalue weighted by molar-refractivity contribution is 0.0916. The van der Waals surface area contributed by atoms with Gasteiger partial charge in [0.2, 0.25) is 5.78 Å². The summed E-state index contributed by atoms with van der Waals surface area (Å²) < 4.78 is 4.95. The number of allylic oxidation sites excluding steroid dienone is 2. The van der Waals surface area contributed by atoms with E-state index in [0.717, 1.165) is 12.0 Å². The Kier molecular flexibility index (Phi) is 3.40. The fourth-order valence-electron chi connectivity index (χ4n) is 2.48. The third-order valence-electron chi connectivity index (χ3n) is 3.55. The average Bonchev–Trinajstić information content (AvgIpc) is 2.52. The topological polar surface area (TPSA) is 43.4 Å². The molecule has 3 rings (SSSR count). The molecule has 3 heteroatoms. The molecule has 21 heavy (non-hydrogen) atoms. The molecule has 0 aromatic heterocycles. The molecule has 3 nitrogen and oxygen atoms in total. The molecule has 1 aliphatic carbocycles. The van der Waals surface area contributed by atoms with E-state index in [-0.39, 0.29) is 17.3 Å². The van der Waals surface area contributed by atoms with Crippen molar-refractivity contribution in [3.8, 4) is 0 Å². The van der Waals surface area contributed by atoms with Crippen LogP contribution in [0.1, 0.15) is 31.8 Å². The van der Waals surface area contributed by atoms with E-state index >= 15 is 0 Å². The van der Waals surface area contributed by atoms with Gasteiger partial charge in [0.05, 0.1) is 7.11 Å². The van der Waals surface area contributed by atoms with Gasteiger partial charge in [0, 0.05) is 17.2 Å². The summed E-state index contributed by atoms with van der Waals surface area (Å²) in [4.78, 5) is 24.2. The van der Waals surface area contributed by atoms with E-state index < -0.39 is 0 Å². The van der Waals surface area contributed by atoms with Gasteiger partial charge in [0.25, 0.3) is 0 Å². The SMILES string of the molecule is COC1=CC(=O)c2cc(Cc3ccccc3)ccc2C1=O. The summed E-state index contributed by atoms with van der Waals surface area (Å²) in [5, 5.41) is 0. The monoisotopic (exact) mass is 278 g/mol. The van der Waals surface area contributed by atoms with E-state index in [9.17, 15) is 9.59 Å². The van der Waals surface area contributed by atoms with Gasteiger partial charge in [-0.15, -0.1) is 0 Å². The number of methoxy groups -OCH3 is 1. The number of carbonyl (C=O) groups is 2. The van der Waals surface area contributed by atoms with Crippen LogP contribution in [0.5, 0.6) is 0 Å². The molecule has 1 aliphatic rings. The van der Waals surface area contributed by atoms with Gasteiger partial charge in [-0.05, 0) is 29.7 Å². The van der Waals surface area contributed by atoms with Crippen molar-refractivity contribution in [1.29, 1.82) is 0 Å². The first-order valence-corrected chi connectivity index (χ1v) is 6.70. The molecular weight excluding hydrogens is 264 g/mol. The molecule has 0 atom stereocenters. The van der Waals surface area contributed by atoms with Gasteiger partial charge >= 0.3 is 0 Å². The van der Waals surface area contributed by atoms with Gasteiger partial charge in [0.1, 0.15) is 0 Å². The molecule has 0 amide bonds. The van der Waals surface area contributed by atoms with Gasteiger partial charge in [-0.3, -0.25) is 9.59 Å². The zero-order chi connectivity index (χ0) is 14.8. The predicted molar refractivity (Wildman–Crippen MR) is 79.4 cm³/mol. The van der Waals surface area contributed by atoms with E-state index in [2.05, 4.69) is 0 Å². The number of fused-ring (bicyclic) bond motifs is 1. The summed E-state index contributed by atoms with van der Waals surface area (Å²) in [6.07, 6.45) is 1.99. The van der Waals surface area contributed by atoms with Crippen LogP contribution in [-0.4, -0.2) is 18.7 Å². The number of ether oxygens (including phenoxy) is 1. The van der Waals surface area contributed by atoms with E-state index in [0.29, 0.717) is 11.1 Å². The Morgan fingerprint density at radius 3 is 2.38 bits per heavy atom. The lowest BCUT2D eigenvalue weighted by Crippen LogP contribution is -2.18. The molecule has 0 aliphatic heterocycles. The fraction of sp³-hybridized carbons (Fsp3) is 0.111. The van der Waals surface area contributed by atoms with Crippen LogP contribution in [0.15, 0.2) is 60.4 Å². The number of Topliss-reactive ketones (excluding diaryl/α,β-unsaturated/α-hetero) is 1. The molecule has 0 N–H and O–H groups in total. The number of ketones is 2. The molecule has 0 spiro atoms. The van der Waals surface area contributed by atoms with Crippen molar-refractivity contribution in [2.75, 3.05) is 7.11 Å². The molecule has 104 valence electrons. The van der Waals surface area contributed by atoms with Crippen LogP contribution in [0.3, 0.4) is 0 Å². The van der Waals surface area contributed by atoms with Crippen LogP contribution in [0.25, 0.3) is 0 Å². The number of carbonyl (C=O) groups excluding carboxylic acids is 2. The highest BCUT2D eigenvalue weighted by Crippen LogP contribution is 2.23. The van der Waals surface area contributed by atoms with Gasteiger partial charge in [0.15, 0.2) is 11.5 Å². The highest BCUT2D eigenvalue weighted by molar-refractivity contribution is 6.23. The minimum Gasteiger partial charge on any atom is -0.492 e. The van der Waals surface area contributed by atoms with Crippen LogP contribution in [-0.2, 0) is 11.2 Å². The van der Waals surface area contributed by atoms with E-state index in [1.54, 1.807) is 12.1 Å². The lowest BCUT2D eigenvalue weighted by atomic mass is 9.90. The standard InChI is InChI=1S/C18H14O3/c1-21-17-11-16(19)15-10-13(7-8-14(15)18(17)20)9-12-5-3-2-4-6-12/h2-8,10-11H,9H2,1H3. The smallest absolute Gasteiger partial charge is 0.228 e. The first-order chi connectivity index (χ1) is 10.2. The van der Waals surface area contributed by atoms with Gasteiger partial charge in [-0.1, -0.05) is 36.4 Å². The second kappa shape index (κ2) is 5.37. The summed E-state index contributed by atoms with van der Waals surface area (Å²) in [6, 6.07) is 15.4. The Balaban J connectivity index is 1.96. The molecular formula is C18H14O3. The van der Waals surface area contributed by atoms with Crippen molar-refractivity contribution in [3.63, 3.8) is 0 Å². The third kappa shape index (κ3) is 2.50. The Morgan fingerprint density at radius 1 is 0.905 bits per heavy atom. The molecule has 0 saturated heterocycles. The van der Waals surface area contributed by atoms with Gasteiger partial charge < -0.3 is 4.74 Å². The first-order valence-electron chi connectivity index (χ1n) is 6.70. The quantitative estimate of drug-likeness (QED) is 0.866. The van der Waals surface area contributed by atoms with Crippen LogP contribution >= 0.6 is 0 Å². The summed E-state index contributed by atoms with van der Waals surface area (Å²) in [5.41, 5.74) is 3.04. The van der Waals surface area contributed by atoms with Crippen LogP contribution in [0.4, 0.5) is 0 Å². The largest absolute Gasteiger partial charge is 0.492 e. The number of hydrogen-bond donors (Lipinski definition) is 0. The fourth-order valence-corrected chi connectivity index (χ4v) is 2.48. The van der Waals surface area contributed by atoms with E-state index in [1.165, 1.54) is 18.7 Å². The van der Waals surface area contributed by atoms with E-state index in [1.807, 2.05) is 36.4 Å². The van der Waals surface area contributed by atoms with Crippen LogP contribution in [0, 0.1) is 0 Å². The summed E-state index contributed by atoms with van der Waals surface area (Å²) >= 11 is 0. The minimum atomic E-state index is -0.238. The number of rotatable bonds is 3. The summed E-state index contributed by atoms with van der Waals surface area (Å²) in [6.45, 7) is 0. The number of benzene rings is 2. The highest BCUT2D eigenvalue weighted by atomic mass is 16.5. The van der Waals surface area contributed by atoms with Crippen molar-refractivity contribution in [2.45, 2.75) is 6.42 Å². The molecule has 2 aromatic rings. The van der Waals surface area contributed by atoms with E-state index in [4.69, 9.17) is 4.74 Å². The predicted octanol–water partition coefficient (Wildman–Crippen LogP) is 3.19. The Morgan fingerprint density at radius 2 is 1.67 bits per heavy atom. The first kappa shape index (κ1) is 13.3. The maximum atomic E-state index is 12.1. The van der Waals surface area contributed by atoms with Crippen LogP contribution < -0.4 is 0 Å². The maximum absolute atomic E-state index is 12.1. The average molecular weight is 278 g/mol. The second-order valence-electron chi connectivity index (χ2n) is 4.95. The van der Waals surface area contributed by atoms with Crippen molar-refractivity contribution in [3.05, 3.63) is 82.6 Å². The zero-order valence-electron chi connectivity index (χ0n) is 11.6. The Labute approximate surface area is 122 Å². The highest BCUT2D eigenvalue weighted by Gasteiger charge is 2.26. The van der Waals surface area contributed by atoms with Crippen molar-refractivity contribution < 1.29 is 14.3 Å². The Hall–Kier alpha value is -2.68. The van der Waals surface area contributed by atoms with Crippen molar-refractivity contribution >= 4 is 11.6 Å². The van der Waals surface area contributed by atoms with Gasteiger partial charge in [-0.2, -0.15) is 0 Å². The van der Waals surface area contributed by atoms with Crippen molar-refractivity contribution in [1.82, 2.24) is 0 Å². The molecule has 0 radical (unpaired) electrons. The maximum Gasteiger partial charge on any atom is 0.228 e. The number of hydrogen-bond acceptors (Lipinski definition) is 3. The van der Waals surface area contributed by atoms with Crippen molar-refractivity contribution in [2.24, 2.45) is 0 Å². The van der Waals surface area contributed by atoms with Crippen LogP contribution in [0.2, 0.25) is 0 Å². The molecule has 0 saturated carbocycles. The third-order valence-corrected chi connectivity index (χ3v) is 3.55. The normalized spacial score (nSPS) is 13.7.